The first kappa shape index (κ1) is 15.9. The molecule has 0 bridgehead atoms. The minimum atomic E-state index is -1.51. The highest BCUT2D eigenvalue weighted by Gasteiger charge is 2.57. The van der Waals surface area contributed by atoms with Gasteiger partial charge >= 0.3 is 6.09 Å². The Hall–Kier alpha value is -1.18. The zero-order chi connectivity index (χ0) is 14.8. The summed E-state index contributed by atoms with van der Waals surface area (Å²) in [7, 11) is 2.70. The number of carbonyl (C=O) groups excluding carboxylic acids is 2. The third-order valence-corrected chi connectivity index (χ3v) is 2.99. The summed E-state index contributed by atoms with van der Waals surface area (Å²) in [4.78, 5) is 25.3. The van der Waals surface area contributed by atoms with Crippen LogP contribution in [0.4, 0.5) is 4.79 Å². The van der Waals surface area contributed by atoms with Crippen molar-refractivity contribution in [1.82, 2.24) is 4.90 Å². The first-order valence-electron chi connectivity index (χ1n) is 6.07. The lowest BCUT2D eigenvalue weighted by molar-refractivity contribution is -0.219. The van der Waals surface area contributed by atoms with Gasteiger partial charge in [-0.25, -0.2) is 9.69 Å². The molecule has 1 aliphatic rings. The minimum Gasteiger partial charge on any atom is -0.443 e. The van der Waals surface area contributed by atoms with Crippen LogP contribution in [-0.2, 0) is 19.0 Å². The molecule has 1 saturated heterocycles. The van der Waals surface area contributed by atoms with Crippen LogP contribution in [0.3, 0.4) is 0 Å². The number of rotatable bonds is 3. The summed E-state index contributed by atoms with van der Waals surface area (Å²) in [6.45, 7) is 5.46. The monoisotopic (exact) mass is 274 g/mol. The molecule has 0 radical (unpaired) electrons. The van der Waals surface area contributed by atoms with Gasteiger partial charge in [-0.15, -0.1) is 0 Å². The molecule has 0 aromatic carbocycles. The van der Waals surface area contributed by atoms with Crippen LogP contribution in [0.1, 0.15) is 20.8 Å². The van der Waals surface area contributed by atoms with Crippen LogP contribution in [0.5, 0.6) is 0 Å². The fourth-order valence-corrected chi connectivity index (χ4v) is 2.08. The Balaban J connectivity index is 2.96. The predicted molar refractivity (Wildman–Crippen MR) is 67.2 cm³/mol. The average Bonchev–Trinajstić information content (AvgIpc) is 2.60. The molecule has 2 N–H and O–H groups in total. The van der Waals surface area contributed by atoms with Gasteiger partial charge in [0.1, 0.15) is 5.60 Å². The number of hydrogen-bond donors (Lipinski definition) is 1. The van der Waals surface area contributed by atoms with Crippen LogP contribution in [-0.4, -0.2) is 55.6 Å². The summed E-state index contributed by atoms with van der Waals surface area (Å²) >= 11 is 0. The van der Waals surface area contributed by atoms with Crippen molar-refractivity contribution in [1.29, 1.82) is 0 Å². The number of nitrogens with two attached hydrogens (primary N) is 1. The second-order valence-electron chi connectivity index (χ2n) is 5.40. The lowest BCUT2D eigenvalue weighted by atomic mass is 10.0. The van der Waals surface area contributed by atoms with Crippen LogP contribution in [0.25, 0.3) is 0 Å². The zero-order valence-corrected chi connectivity index (χ0v) is 12.1. The second kappa shape index (κ2) is 5.44. The number of methoxy groups -OCH3 is 2. The Morgan fingerprint density at radius 2 is 1.95 bits per heavy atom. The molecule has 1 heterocycles. The van der Waals surface area contributed by atoms with Crippen molar-refractivity contribution in [2.45, 2.75) is 32.2 Å². The van der Waals surface area contributed by atoms with Crippen molar-refractivity contribution in [2.75, 3.05) is 27.3 Å². The summed E-state index contributed by atoms with van der Waals surface area (Å²) in [5.74, 6) is -2.52. The predicted octanol–water partition coefficient (Wildman–Crippen LogP) is 0.328. The van der Waals surface area contributed by atoms with Crippen LogP contribution in [0, 0.1) is 5.92 Å². The Bertz CT molecular complexity index is 360. The maximum Gasteiger partial charge on any atom is 0.417 e. The van der Waals surface area contributed by atoms with E-state index in [1.165, 1.54) is 14.2 Å². The number of nitrogens with zero attached hydrogens (tertiary/aromatic N) is 1. The molecule has 19 heavy (non-hydrogen) atoms. The fourth-order valence-electron chi connectivity index (χ4n) is 2.08. The lowest BCUT2D eigenvalue weighted by Gasteiger charge is -2.28. The maximum absolute atomic E-state index is 12.3. The molecular formula is C12H22N2O5. The van der Waals surface area contributed by atoms with Crippen molar-refractivity contribution in [3.63, 3.8) is 0 Å². The van der Waals surface area contributed by atoms with Gasteiger partial charge in [-0.2, -0.15) is 0 Å². The summed E-state index contributed by atoms with van der Waals surface area (Å²) in [5, 5.41) is 0. The van der Waals surface area contributed by atoms with Gasteiger partial charge in [0.05, 0.1) is 5.92 Å². The van der Waals surface area contributed by atoms with Crippen LogP contribution in [0.2, 0.25) is 0 Å². The van der Waals surface area contributed by atoms with E-state index in [0.717, 1.165) is 4.90 Å². The van der Waals surface area contributed by atoms with Gasteiger partial charge in [0.2, 0.25) is 0 Å². The Morgan fingerprint density at radius 1 is 1.42 bits per heavy atom. The topological polar surface area (TPSA) is 91.1 Å². The van der Waals surface area contributed by atoms with Gasteiger partial charge in [-0.1, -0.05) is 0 Å². The van der Waals surface area contributed by atoms with Crippen LogP contribution >= 0.6 is 0 Å². The zero-order valence-electron chi connectivity index (χ0n) is 12.1. The molecule has 2 amide bonds. The Morgan fingerprint density at radius 3 is 2.26 bits per heavy atom. The van der Waals surface area contributed by atoms with E-state index < -0.39 is 29.3 Å². The number of ether oxygens (including phenoxy) is 3. The van der Waals surface area contributed by atoms with E-state index in [-0.39, 0.29) is 13.1 Å². The van der Waals surface area contributed by atoms with Crippen molar-refractivity contribution in [2.24, 2.45) is 11.7 Å². The molecule has 110 valence electrons. The molecule has 1 fully saturated rings. The third-order valence-electron chi connectivity index (χ3n) is 2.99. The van der Waals surface area contributed by atoms with Gasteiger partial charge in [0, 0.05) is 27.3 Å². The number of likely N-dealkylation sites (tertiary alicyclic amines) is 1. The highest BCUT2D eigenvalue weighted by Crippen LogP contribution is 2.33. The first-order chi connectivity index (χ1) is 8.71. The van der Waals surface area contributed by atoms with E-state index in [1.54, 1.807) is 20.8 Å². The van der Waals surface area contributed by atoms with E-state index >= 15 is 0 Å². The van der Waals surface area contributed by atoms with Crippen molar-refractivity contribution < 1.29 is 23.8 Å². The summed E-state index contributed by atoms with van der Waals surface area (Å²) < 4.78 is 15.5. The molecule has 0 aromatic rings. The van der Waals surface area contributed by atoms with Gasteiger partial charge < -0.3 is 19.9 Å². The molecule has 0 spiro atoms. The third kappa shape index (κ3) is 2.88. The number of amides is 2. The SMILES string of the molecule is COC1(OC)C(=O)N(C(=O)OC(C)(C)C)CC1CN. The smallest absolute Gasteiger partial charge is 0.417 e. The standard InChI is InChI=1S/C12H22N2O5/c1-11(2,3)19-10(16)14-7-8(6-13)12(17-4,18-5)9(14)15/h8H,6-7,13H2,1-5H3. The number of carbonyl (C=O) groups is 2. The Kier molecular flexibility index (Phi) is 4.54. The average molecular weight is 274 g/mol. The van der Waals surface area contributed by atoms with E-state index in [1.807, 2.05) is 0 Å². The fraction of sp³-hybridized carbons (Fsp3) is 0.833. The van der Waals surface area contributed by atoms with Crippen LogP contribution < -0.4 is 5.73 Å². The molecule has 0 saturated carbocycles. The second-order valence-corrected chi connectivity index (χ2v) is 5.40. The van der Waals surface area contributed by atoms with Gasteiger partial charge in [-0.3, -0.25) is 4.79 Å². The maximum atomic E-state index is 12.3. The molecular weight excluding hydrogens is 252 g/mol. The molecule has 7 heteroatoms. The first-order valence-corrected chi connectivity index (χ1v) is 6.07. The molecule has 7 nitrogen and oxygen atoms in total. The van der Waals surface area contributed by atoms with Crippen molar-refractivity contribution >= 4 is 12.0 Å². The molecule has 0 aromatic heterocycles. The summed E-state index contributed by atoms with van der Waals surface area (Å²) in [5.41, 5.74) is 4.94. The van der Waals surface area contributed by atoms with Gasteiger partial charge in [-0.05, 0) is 20.8 Å². The minimum absolute atomic E-state index is 0.117. The van der Waals surface area contributed by atoms with E-state index in [0.29, 0.717) is 0 Å². The van der Waals surface area contributed by atoms with Crippen molar-refractivity contribution in [3.05, 3.63) is 0 Å². The normalized spacial score (nSPS) is 22.7. The Labute approximate surface area is 113 Å². The number of hydrogen-bond acceptors (Lipinski definition) is 6. The number of imide groups is 1. The molecule has 1 rings (SSSR count). The van der Waals surface area contributed by atoms with E-state index in [2.05, 4.69) is 0 Å². The summed E-state index contributed by atoms with van der Waals surface area (Å²) in [6, 6.07) is 0. The van der Waals surface area contributed by atoms with Gasteiger partial charge in [0.15, 0.2) is 0 Å². The highest BCUT2D eigenvalue weighted by atomic mass is 16.7. The molecule has 1 atom stereocenters. The van der Waals surface area contributed by atoms with Crippen LogP contribution in [0.15, 0.2) is 0 Å². The quantitative estimate of drug-likeness (QED) is 0.746. The van der Waals surface area contributed by atoms with Crippen molar-refractivity contribution in [3.8, 4) is 0 Å². The van der Waals surface area contributed by atoms with E-state index in [4.69, 9.17) is 19.9 Å². The van der Waals surface area contributed by atoms with Gasteiger partial charge in [0.25, 0.3) is 11.7 Å². The molecule has 0 aliphatic carbocycles. The molecule has 1 unspecified atom stereocenters. The highest BCUT2D eigenvalue weighted by molar-refractivity contribution is 5.98. The molecule has 1 aliphatic heterocycles. The lowest BCUT2D eigenvalue weighted by Crippen LogP contribution is -2.50. The van der Waals surface area contributed by atoms with E-state index in [9.17, 15) is 9.59 Å². The largest absolute Gasteiger partial charge is 0.443 e. The summed E-state index contributed by atoms with van der Waals surface area (Å²) in [6.07, 6.45) is -0.716.